The Morgan fingerprint density at radius 3 is 3.15 bits per heavy atom. The first-order chi connectivity index (χ1) is 9.88. The molecule has 0 radical (unpaired) electrons. The van der Waals surface area contributed by atoms with Crippen molar-refractivity contribution in [3.8, 4) is 0 Å². The molecule has 20 heavy (non-hydrogen) atoms. The zero-order valence-corrected chi connectivity index (χ0v) is 12.1. The molecule has 1 aliphatic rings. The molecular formula is C16H23N3O. The van der Waals surface area contributed by atoms with Crippen LogP contribution in [-0.4, -0.2) is 35.4 Å². The van der Waals surface area contributed by atoms with Gasteiger partial charge in [-0.25, -0.2) is 4.98 Å². The maximum atomic E-state index is 5.65. The predicted molar refractivity (Wildman–Crippen MR) is 80.7 cm³/mol. The van der Waals surface area contributed by atoms with Gasteiger partial charge >= 0.3 is 0 Å². The Labute approximate surface area is 120 Å². The van der Waals surface area contributed by atoms with Gasteiger partial charge in [-0.3, -0.25) is 0 Å². The lowest BCUT2D eigenvalue weighted by molar-refractivity contribution is 0.0370. The van der Waals surface area contributed by atoms with E-state index in [4.69, 9.17) is 4.74 Å². The second-order valence-corrected chi connectivity index (χ2v) is 5.53. The quantitative estimate of drug-likeness (QED) is 0.909. The van der Waals surface area contributed by atoms with Gasteiger partial charge < -0.3 is 14.6 Å². The molecule has 2 aromatic rings. The normalized spacial score (nSPS) is 21.1. The van der Waals surface area contributed by atoms with Gasteiger partial charge in [0.05, 0.1) is 24.0 Å². The highest BCUT2D eigenvalue weighted by molar-refractivity contribution is 5.74. The maximum Gasteiger partial charge on any atom is 0.0958 e. The van der Waals surface area contributed by atoms with Crippen molar-refractivity contribution in [3.63, 3.8) is 0 Å². The van der Waals surface area contributed by atoms with Crippen molar-refractivity contribution < 1.29 is 4.74 Å². The first-order valence-corrected chi connectivity index (χ1v) is 7.59. The third-order valence-electron chi connectivity index (χ3n) is 4.15. The highest BCUT2D eigenvalue weighted by Crippen LogP contribution is 2.20. The number of rotatable bonds is 5. The molecule has 2 unspecified atom stereocenters. The molecule has 108 valence electrons. The number of hydrogen-bond acceptors (Lipinski definition) is 3. The lowest BCUT2D eigenvalue weighted by Gasteiger charge is -2.31. The van der Waals surface area contributed by atoms with Gasteiger partial charge in [-0.15, -0.1) is 0 Å². The van der Waals surface area contributed by atoms with E-state index in [9.17, 15) is 0 Å². The number of ether oxygens (including phenoxy) is 1. The molecule has 0 saturated carbocycles. The molecule has 1 saturated heterocycles. The van der Waals surface area contributed by atoms with Crippen LogP contribution in [0, 0.1) is 5.92 Å². The summed E-state index contributed by atoms with van der Waals surface area (Å²) in [6, 6.07) is 8.78. The highest BCUT2D eigenvalue weighted by Gasteiger charge is 2.24. The van der Waals surface area contributed by atoms with E-state index in [1.165, 1.54) is 18.4 Å². The number of nitrogens with zero attached hydrogens (tertiary/aromatic N) is 2. The lowest BCUT2D eigenvalue weighted by atomic mass is 9.93. The van der Waals surface area contributed by atoms with E-state index in [1.54, 1.807) is 0 Å². The summed E-state index contributed by atoms with van der Waals surface area (Å²) in [4.78, 5) is 4.48. The van der Waals surface area contributed by atoms with Crippen LogP contribution < -0.4 is 5.32 Å². The number of aromatic nitrogens is 2. The topological polar surface area (TPSA) is 39.1 Å². The van der Waals surface area contributed by atoms with Crippen LogP contribution in [0.3, 0.4) is 0 Å². The van der Waals surface area contributed by atoms with Gasteiger partial charge in [-0.05, 0) is 37.4 Å². The fourth-order valence-electron chi connectivity index (χ4n) is 3.09. The zero-order chi connectivity index (χ0) is 13.8. The van der Waals surface area contributed by atoms with Crippen LogP contribution in [-0.2, 0) is 11.3 Å². The number of fused-ring (bicyclic) bond motifs is 1. The Balaban J connectivity index is 1.78. The minimum atomic E-state index is 0.456. The minimum Gasteiger partial charge on any atom is -0.381 e. The van der Waals surface area contributed by atoms with E-state index in [-0.39, 0.29) is 0 Å². The average Bonchev–Trinajstić information content (AvgIpc) is 2.91. The van der Waals surface area contributed by atoms with Crippen LogP contribution in [0.1, 0.15) is 19.8 Å². The summed E-state index contributed by atoms with van der Waals surface area (Å²) >= 11 is 0. The van der Waals surface area contributed by atoms with Crippen molar-refractivity contribution in [2.75, 3.05) is 19.8 Å². The van der Waals surface area contributed by atoms with E-state index in [0.29, 0.717) is 12.0 Å². The number of imidazole rings is 1. The molecule has 1 N–H and O–H groups in total. The fraction of sp³-hybridized carbons (Fsp3) is 0.562. The Bertz CT molecular complexity index is 545. The van der Waals surface area contributed by atoms with Crippen LogP contribution in [0.25, 0.3) is 11.0 Å². The van der Waals surface area contributed by atoms with E-state index in [1.807, 2.05) is 12.4 Å². The third-order valence-corrected chi connectivity index (χ3v) is 4.15. The molecule has 2 atom stereocenters. The predicted octanol–water partition coefficient (Wildman–Crippen LogP) is 2.44. The molecule has 1 aromatic carbocycles. The molecule has 1 fully saturated rings. The highest BCUT2D eigenvalue weighted by atomic mass is 16.5. The van der Waals surface area contributed by atoms with E-state index >= 15 is 0 Å². The summed E-state index contributed by atoms with van der Waals surface area (Å²) in [5.41, 5.74) is 2.29. The molecule has 4 heteroatoms. The molecule has 1 aliphatic heterocycles. The third kappa shape index (κ3) is 2.86. The van der Waals surface area contributed by atoms with E-state index in [0.717, 1.165) is 31.8 Å². The van der Waals surface area contributed by atoms with Gasteiger partial charge in [0.15, 0.2) is 0 Å². The summed E-state index contributed by atoms with van der Waals surface area (Å²) in [5, 5.41) is 3.63. The SMILES string of the molecule is CCNC(Cn1cnc2ccccc21)C1CCCOC1. The van der Waals surface area contributed by atoms with Gasteiger partial charge in [-0.1, -0.05) is 19.1 Å². The zero-order valence-electron chi connectivity index (χ0n) is 12.1. The van der Waals surface area contributed by atoms with Crippen molar-refractivity contribution in [1.82, 2.24) is 14.9 Å². The average molecular weight is 273 g/mol. The Kier molecular flexibility index (Phi) is 4.33. The molecule has 0 spiro atoms. The van der Waals surface area contributed by atoms with Crippen LogP contribution in [0.4, 0.5) is 0 Å². The summed E-state index contributed by atoms with van der Waals surface area (Å²) in [6.45, 7) is 5.92. The molecular weight excluding hydrogens is 250 g/mol. The van der Waals surface area contributed by atoms with Crippen LogP contribution in [0.2, 0.25) is 0 Å². The van der Waals surface area contributed by atoms with Crippen molar-refractivity contribution in [2.45, 2.75) is 32.4 Å². The van der Waals surface area contributed by atoms with Gasteiger partial charge in [0.25, 0.3) is 0 Å². The van der Waals surface area contributed by atoms with E-state index in [2.05, 4.69) is 40.0 Å². The first-order valence-electron chi connectivity index (χ1n) is 7.59. The minimum absolute atomic E-state index is 0.456. The first kappa shape index (κ1) is 13.6. The Morgan fingerprint density at radius 1 is 1.45 bits per heavy atom. The molecule has 1 aromatic heterocycles. The van der Waals surface area contributed by atoms with Gasteiger partial charge in [0, 0.05) is 19.2 Å². The van der Waals surface area contributed by atoms with Crippen molar-refractivity contribution in [2.24, 2.45) is 5.92 Å². The number of benzene rings is 1. The summed E-state index contributed by atoms with van der Waals surface area (Å²) in [5.74, 6) is 0.602. The molecule has 0 amide bonds. The van der Waals surface area contributed by atoms with Crippen molar-refractivity contribution in [1.29, 1.82) is 0 Å². The number of likely N-dealkylation sites (N-methyl/N-ethyl adjacent to an activating group) is 1. The van der Waals surface area contributed by atoms with Gasteiger partial charge in [0.2, 0.25) is 0 Å². The maximum absolute atomic E-state index is 5.65. The Morgan fingerprint density at radius 2 is 2.35 bits per heavy atom. The van der Waals surface area contributed by atoms with Crippen molar-refractivity contribution in [3.05, 3.63) is 30.6 Å². The monoisotopic (exact) mass is 273 g/mol. The Hall–Kier alpha value is -1.39. The summed E-state index contributed by atoms with van der Waals surface area (Å²) in [6.07, 6.45) is 4.39. The standard InChI is InChI=1S/C16H23N3O/c1-2-17-15(13-6-5-9-20-11-13)10-19-12-18-14-7-3-4-8-16(14)19/h3-4,7-8,12-13,15,17H,2,5-6,9-11H2,1H3. The lowest BCUT2D eigenvalue weighted by Crippen LogP contribution is -2.43. The smallest absolute Gasteiger partial charge is 0.0958 e. The molecule has 0 bridgehead atoms. The van der Waals surface area contributed by atoms with Gasteiger partial charge in [-0.2, -0.15) is 0 Å². The number of nitrogens with one attached hydrogen (secondary N) is 1. The van der Waals surface area contributed by atoms with E-state index < -0.39 is 0 Å². The second-order valence-electron chi connectivity index (χ2n) is 5.53. The molecule has 0 aliphatic carbocycles. The number of para-hydroxylation sites is 2. The van der Waals surface area contributed by atoms with Gasteiger partial charge in [0.1, 0.15) is 0 Å². The number of hydrogen-bond donors (Lipinski definition) is 1. The van der Waals surface area contributed by atoms with Crippen LogP contribution in [0.5, 0.6) is 0 Å². The summed E-state index contributed by atoms with van der Waals surface area (Å²) in [7, 11) is 0. The van der Waals surface area contributed by atoms with Crippen LogP contribution in [0.15, 0.2) is 30.6 Å². The largest absolute Gasteiger partial charge is 0.381 e. The molecule has 4 nitrogen and oxygen atoms in total. The molecule has 2 heterocycles. The molecule has 3 rings (SSSR count). The second kappa shape index (κ2) is 6.37. The fourth-order valence-corrected chi connectivity index (χ4v) is 3.09. The summed E-state index contributed by atoms with van der Waals surface area (Å²) < 4.78 is 7.91. The van der Waals surface area contributed by atoms with Crippen LogP contribution >= 0.6 is 0 Å². The van der Waals surface area contributed by atoms with Crippen molar-refractivity contribution >= 4 is 11.0 Å².